The van der Waals surface area contributed by atoms with Crippen LogP contribution in [-0.4, -0.2) is 59.0 Å². The molecule has 0 heterocycles. The van der Waals surface area contributed by atoms with Crippen molar-refractivity contribution in [2.75, 3.05) is 20.1 Å². The number of urea groups is 1. The first kappa shape index (κ1) is 16.6. The molecule has 0 aromatic rings. The van der Waals surface area contributed by atoms with Gasteiger partial charge in [-0.05, 0) is 20.8 Å². The van der Waals surface area contributed by atoms with Crippen LogP contribution in [0.5, 0.6) is 0 Å². The minimum atomic E-state index is -2.61. The molecule has 7 heteroatoms. The van der Waals surface area contributed by atoms with E-state index in [9.17, 15) is 18.4 Å². The molecular formula is C11H20F2N2O3. The smallest absolute Gasteiger partial charge is 0.320 e. The standard InChI is InChI=1S/C11H20F2N2O3/c1-11(2,3)15(6-5-9(16)17)10(18)14(4)7-8(12)13/h8H,5-7H2,1-4H3,(H,16,17). The Morgan fingerprint density at radius 1 is 1.28 bits per heavy atom. The Labute approximate surface area is 105 Å². The number of hydrogen-bond acceptors (Lipinski definition) is 2. The van der Waals surface area contributed by atoms with E-state index in [2.05, 4.69) is 0 Å². The van der Waals surface area contributed by atoms with Gasteiger partial charge in [-0.1, -0.05) is 0 Å². The number of hydrogen-bond donors (Lipinski definition) is 1. The van der Waals surface area contributed by atoms with Crippen LogP contribution in [0.15, 0.2) is 0 Å². The molecule has 0 spiro atoms. The number of nitrogens with zero attached hydrogens (tertiary/aromatic N) is 2. The van der Waals surface area contributed by atoms with Gasteiger partial charge in [0.1, 0.15) is 0 Å². The predicted octanol–water partition coefficient (Wildman–Crippen LogP) is 1.88. The van der Waals surface area contributed by atoms with Gasteiger partial charge in [-0.2, -0.15) is 0 Å². The maximum atomic E-state index is 12.2. The van der Waals surface area contributed by atoms with Crippen molar-refractivity contribution in [2.45, 2.75) is 39.2 Å². The van der Waals surface area contributed by atoms with Gasteiger partial charge in [0.25, 0.3) is 6.43 Å². The quantitative estimate of drug-likeness (QED) is 0.826. The summed E-state index contributed by atoms with van der Waals surface area (Å²) in [5, 5.41) is 8.62. The van der Waals surface area contributed by atoms with E-state index in [1.54, 1.807) is 20.8 Å². The minimum Gasteiger partial charge on any atom is -0.481 e. The predicted molar refractivity (Wildman–Crippen MR) is 62.7 cm³/mol. The second kappa shape index (κ2) is 6.51. The molecule has 0 saturated carbocycles. The largest absolute Gasteiger partial charge is 0.481 e. The molecule has 0 radical (unpaired) electrons. The third-order valence-electron chi connectivity index (χ3n) is 2.33. The lowest BCUT2D eigenvalue weighted by molar-refractivity contribution is -0.137. The minimum absolute atomic E-state index is 0.00869. The average Bonchev–Trinajstić information content (AvgIpc) is 2.13. The first-order valence-electron chi connectivity index (χ1n) is 5.58. The number of aliphatic carboxylic acids is 1. The Kier molecular flexibility index (Phi) is 6.00. The molecule has 5 nitrogen and oxygen atoms in total. The molecule has 0 rings (SSSR count). The lowest BCUT2D eigenvalue weighted by Crippen LogP contribution is -2.52. The summed E-state index contributed by atoms with van der Waals surface area (Å²) in [5.74, 6) is -1.03. The summed E-state index contributed by atoms with van der Waals surface area (Å²) in [6.07, 6.45) is -2.83. The van der Waals surface area contributed by atoms with Crippen LogP contribution in [0.3, 0.4) is 0 Å². The maximum absolute atomic E-state index is 12.2. The van der Waals surface area contributed by atoms with E-state index < -0.39 is 30.5 Å². The molecule has 2 amide bonds. The molecule has 18 heavy (non-hydrogen) atoms. The van der Waals surface area contributed by atoms with Crippen LogP contribution in [0, 0.1) is 0 Å². The fourth-order valence-electron chi connectivity index (χ4n) is 1.42. The Bertz CT molecular complexity index is 303. The van der Waals surface area contributed by atoms with Crippen molar-refractivity contribution in [3.05, 3.63) is 0 Å². The fraction of sp³-hybridized carbons (Fsp3) is 0.818. The van der Waals surface area contributed by atoms with E-state index in [0.717, 1.165) is 4.90 Å². The number of carbonyl (C=O) groups is 2. The molecule has 0 atom stereocenters. The van der Waals surface area contributed by atoms with Crippen LogP contribution < -0.4 is 0 Å². The van der Waals surface area contributed by atoms with Gasteiger partial charge in [-0.15, -0.1) is 0 Å². The highest BCUT2D eigenvalue weighted by Crippen LogP contribution is 2.16. The van der Waals surface area contributed by atoms with Gasteiger partial charge >= 0.3 is 12.0 Å². The van der Waals surface area contributed by atoms with Crippen molar-refractivity contribution >= 4 is 12.0 Å². The summed E-state index contributed by atoms with van der Waals surface area (Å²) < 4.78 is 24.4. The lowest BCUT2D eigenvalue weighted by atomic mass is 10.1. The molecular weight excluding hydrogens is 246 g/mol. The van der Waals surface area contributed by atoms with Crippen LogP contribution in [0.4, 0.5) is 13.6 Å². The summed E-state index contributed by atoms with van der Waals surface area (Å²) in [6.45, 7) is 4.50. The molecule has 0 fully saturated rings. The van der Waals surface area contributed by atoms with Crippen molar-refractivity contribution in [2.24, 2.45) is 0 Å². The Hall–Kier alpha value is -1.40. The van der Waals surface area contributed by atoms with Crippen molar-refractivity contribution < 1.29 is 23.5 Å². The summed E-state index contributed by atoms with van der Waals surface area (Å²) in [6, 6.07) is -0.593. The second-order valence-electron chi connectivity index (χ2n) is 5.02. The SMILES string of the molecule is CN(CC(F)F)C(=O)N(CCC(=O)O)C(C)(C)C. The fourth-order valence-corrected chi connectivity index (χ4v) is 1.42. The van der Waals surface area contributed by atoms with Gasteiger partial charge in [0.15, 0.2) is 0 Å². The van der Waals surface area contributed by atoms with Gasteiger partial charge in [-0.25, -0.2) is 13.6 Å². The van der Waals surface area contributed by atoms with Crippen LogP contribution in [0.1, 0.15) is 27.2 Å². The molecule has 106 valence electrons. The molecule has 0 aromatic carbocycles. The highest BCUT2D eigenvalue weighted by molar-refractivity contribution is 5.76. The second-order valence-corrected chi connectivity index (χ2v) is 5.02. The summed E-state index contributed by atoms with van der Waals surface area (Å²) >= 11 is 0. The van der Waals surface area contributed by atoms with E-state index in [4.69, 9.17) is 5.11 Å². The van der Waals surface area contributed by atoms with E-state index in [1.165, 1.54) is 11.9 Å². The molecule has 1 N–H and O–H groups in total. The number of halogens is 2. The number of alkyl halides is 2. The highest BCUT2D eigenvalue weighted by atomic mass is 19.3. The molecule has 0 bridgehead atoms. The van der Waals surface area contributed by atoms with Crippen LogP contribution >= 0.6 is 0 Å². The lowest BCUT2D eigenvalue weighted by Gasteiger charge is -2.38. The average molecular weight is 266 g/mol. The molecule has 0 saturated heterocycles. The van der Waals surface area contributed by atoms with Crippen LogP contribution in [-0.2, 0) is 4.79 Å². The summed E-state index contributed by atoms with van der Waals surface area (Å²) in [5.41, 5.74) is -0.622. The number of amides is 2. The zero-order chi connectivity index (χ0) is 14.5. The molecule has 0 aliphatic rings. The van der Waals surface area contributed by atoms with Crippen LogP contribution in [0.2, 0.25) is 0 Å². The van der Waals surface area contributed by atoms with Crippen molar-refractivity contribution in [1.82, 2.24) is 9.80 Å². The van der Waals surface area contributed by atoms with Gasteiger partial charge in [0, 0.05) is 19.1 Å². The third kappa shape index (κ3) is 5.79. The first-order valence-corrected chi connectivity index (χ1v) is 5.58. The Morgan fingerprint density at radius 2 is 1.78 bits per heavy atom. The maximum Gasteiger partial charge on any atom is 0.320 e. The Balaban J connectivity index is 4.75. The number of rotatable bonds is 5. The van der Waals surface area contributed by atoms with Gasteiger partial charge in [-0.3, -0.25) is 4.79 Å². The van der Waals surface area contributed by atoms with E-state index in [1.807, 2.05) is 0 Å². The van der Waals surface area contributed by atoms with Crippen molar-refractivity contribution in [3.63, 3.8) is 0 Å². The van der Waals surface area contributed by atoms with Gasteiger partial charge in [0.2, 0.25) is 0 Å². The monoisotopic (exact) mass is 266 g/mol. The number of carbonyl (C=O) groups excluding carboxylic acids is 1. The van der Waals surface area contributed by atoms with Crippen molar-refractivity contribution in [1.29, 1.82) is 0 Å². The molecule has 0 aliphatic heterocycles. The van der Waals surface area contributed by atoms with Gasteiger partial charge in [0.05, 0.1) is 13.0 Å². The third-order valence-corrected chi connectivity index (χ3v) is 2.33. The number of carboxylic acid groups (broad SMARTS) is 1. The highest BCUT2D eigenvalue weighted by Gasteiger charge is 2.29. The van der Waals surface area contributed by atoms with E-state index in [0.29, 0.717) is 0 Å². The van der Waals surface area contributed by atoms with Crippen molar-refractivity contribution in [3.8, 4) is 0 Å². The zero-order valence-corrected chi connectivity index (χ0v) is 11.1. The topological polar surface area (TPSA) is 60.9 Å². The molecule has 0 unspecified atom stereocenters. The van der Waals surface area contributed by atoms with E-state index >= 15 is 0 Å². The molecule has 0 aromatic heterocycles. The summed E-state index contributed by atoms with van der Waals surface area (Å²) in [7, 11) is 1.27. The van der Waals surface area contributed by atoms with Crippen LogP contribution in [0.25, 0.3) is 0 Å². The zero-order valence-electron chi connectivity index (χ0n) is 11.1. The first-order chi connectivity index (χ1) is 8.05. The Morgan fingerprint density at radius 3 is 2.11 bits per heavy atom. The van der Waals surface area contributed by atoms with E-state index in [-0.39, 0.29) is 13.0 Å². The molecule has 0 aliphatic carbocycles. The summed E-state index contributed by atoms with van der Waals surface area (Å²) in [4.78, 5) is 24.7. The normalized spacial score (nSPS) is 11.5. The number of carboxylic acids is 1. The van der Waals surface area contributed by atoms with Gasteiger partial charge < -0.3 is 14.9 Å².